The van der Waals surface area contributed by atoms with Gasteiger partial charge in [-0.25, -0.2) is 0 Å². The van der Waals surface area contributed by atoms with Gasteiger partial charge in [-0.05, 0) is 30.7 Å². The number of hydrogen-bond donors (Lipinski definition) is 3. The lowest BCUT2D eigenvalue weighted by molar-refractivity contribution is -0.139. The Morgan fingerprint density at radius 3 is 2.53 bits per heavy atom. The summed E-state index contributed by atoms with van der Waals surface area (Å²) in [5.41, 5.74) is 7.20. The maximum Gasteiger partial charge on any atom is 0.321 e. The average Bonchev–Trinajstić information content (AvgIpc) is 2.20. The number of anilines is 1. The predicted octanol–water partition coefficient (Wildman–Crippen LogP) is 0.874. The summed E-state index contributed by atoms with van der Waals surface area (Å²) in [6.45, 7) is 2.53. The summed E-state index contributed by atoms with van der Waals surface area (Å²) in [4.78, 5) is 10.9. The minimum atomic E-state index is -0.825. The molecule has 4 nitrogen and oxygen atoms in total. The Balaban J connectivity index is 2.65. The van der Waals surface area contributed by atoms with E-state index in [1.807, 2.05) is 19.1 Å². The molecule has 0 aliphatic heterocycles. The highest BCUT2D eigenvalue weighted by Crippen LogP contribution is 2.08. The smallest absolute Gasteiger partial charge is 0.321 e. The van der Waals surface area contributed by atoms with Crippen molar-refractivity contribution in [3.63, 3.8) is 0 Å². The average molecular weight is 208 g/mol. The molecule has 15 heavy (non-hydrogen) atoms. The summed E-state index contributed by atoms with van der Waals surface area (Å²) >= 11 is 0. The zero-order valence-electron chi connectivity index (χ0n) is 8.73. The molecule has 0 aliphatic rings. The monoisotopic (exact) mass is 208 g/mol. The molecule has 0 saturated heterocycles. The molecule has 0 fully saturated rings. The summed E-state index contributed by atoms with van der Waals surface area (Å²) in [7, 11) is 0. The van der Waals surface area contributed by atoms with E-state index in [0.717, 1.165) is 5.56 Å². The number of benzene rings is 1. The lowest BCUT2D eigenvalue weighted by Crippen LogP contribution is -2.38. The Kier molecular flexibility index (Phi) is 4.12. The van der Waals surface area contributed by atoms with E-state index in [2.05, 4.69) is 5.32 Å². The Labute approximate surface area is 89.1 Å². The van der Waals surface area contributed by atoms with Crippen molar-refractivity contribution in [2.75, 3.05) is 12.3 Å². The molecule has 0 amide bonds. The standard InChI is InChI=1S/C11H16N2O2/c1-2-13-10(11(14)15)7-8-3-5-9(12)6-4-8/h3-6,10,13H,2,7,12H2,1H3,(H,14,15). The van der Waals surface area contributed by atoms with Gasteiger partial charge in [0.2, 0.25) is 0 Å². The number of nitrogen functional groups attached to an aromatic ring is 1. The molecule has 0 heterocycles. The molecule has 1 rings (SSSR count). The highest BCUT2D eigenvalue weighted by molar-refractivity contribution is 5.73. The van der Waals surface area contributed by atoms with Gasteiger partial charge in [0.1, 0.15) is 6.04 Å². The third kappa shape index (κ3) is 3.59. The van der Waals surface area contributed by atoms with Crippen LogP contribution in [0.5, 0.6) is 0 Å². The number of aliphatic carboxylic acids is 1. The fourth-order valence-corrected chi connectivity index (χ4v) is 1.38. The van der Waals surface area contributed by atoms with Gasteiger partial charge >= 0.3 is 5.97 Å². The van der Waals surface area contributed by atoms with Crippen LogP contribution in [-0.4, -0.2) is 23.7 Å². The number of carboxylic acid groups (broad SMARTS) is 1. The quantitative estimate of drug-likeness (QED) is 0.628. The van der Waals surface area contributed by atoms with Crippen molar-refractivity contribution in [2.45, 2.75) is 19.4 Å². The molecule has 82 valence electrons. The molecule has 0 spiro atoms. The first kappa shape index (κ1) is 11.5. The number of rotatable bonds is 5. The van der Waals surface area contributed by atoms with Gasteiger partial charge in [-0.1, -0.05) is 19.1 Å². The molecule has 0 bridgehead atoms. The maximum atomic E-state index is 10.9. The van der Waals surface area contributed by atoms with E-state index in [9.17, 15) is 4.79 Å². The van der Waals surface area contributed by atoms with E-state index in [1.165, 1.54) is 0 Å². The van der Waals surface area contributed by atoms with Crippen LogP contribution in [0.4, 0.5) is 5.69 Å². The number of hydrogen-bond acceptors (Lipinski definition) is 3. The van der Waals surface area contributed by atoms with Gasteiger partial charge in [0.25, 0.3) is 0 Å². The number of nitrogens with two attached hydrogens (primary N) is 1. The molecule has 4 heteroatoms. The van der Waals surface area contributed by atoms with Crippen LogP contribution in [0.1, 0.15) is 12.5 Å². The van der Waals surface area contributed by atoms with Crippen LogP contribution >= 0.6 is 0 Å². The molecular weight excluding hydrogens is 192 g/mol. The number of nitrogens with one attached hydrogen (secondary N) is 1. The van der Waals surface area contributed by atoms with Crippen LogP contribution in [-0.2, 0) is 11.2 Å². The van der Waals surface area contributed by atoms with Crippen molar-refractivity contribution < 1.29 is 9.90 Å². The van der Waals surface area contributed by atoms with Gasteiger partial charge in [-0.2, -0.15) is 0 Å². The maximum absolute atomic E-state index is 10.9. The second-order valence-electron chi connectivity index (χ2n) is 3.39. The van der Waals surface area contributed by atoms with Crippen molar-refractivity contribution >= 4 is 11.7 Å². The van der Waals surface area contributed by atoms with Crippen molar-refractivity contribution in [1.82, 2.24) is 5.32 Å². The van der Waals surface area contributed by atoms with E-state index < -0.39 is 12.0 Å². The molecule has 0 aliphatic carbocycles. The molecule has 1 atom stereocenters. The van der Waals surface area contributed by atoms with E-state index in [0.29, 0.717) is 18.7 Å². The molecule has 0 saturated carbocycles. The Morgan fingerprint density at radius 2 is 2.07 bits per heavy atom. The van der Waals surface area contributed by atoms with Crippen molar-refractivity contribution in [1.29, 1.82) is 0 Å². The van der Waals surface area contributed by atoms with E-state index in [-0.39, 0.29) is 0 Å². The van der Waals surface area contributed by atoms with Gasteiger partial charge in [0.05, 0.1) is 0 Å². The van der Waals surface area contributed by atoms with E-state index in [4.69, 9.17) is 10.8 Å². The molecular formula is C11H16N2O2. The normalized spacial score (nSPS) is 12.3. The third-order valence-corrected chi connectivity index (χ3v) is 2.17. The topological polar surface area (TPSA) is 75.3 Å². The number of carboxylic acids is 1. The van der Waals surface area contributed by atoms with Gasteiger partial charge in [-0.3, -0.25) is 4.79 Å². The minimum absolute atomic E-state index is 0.476. The SMILES string of the molecule is CCNC(Cc1ccc(N)cc1)C(=O)O. The van der Waals surface area contributed by atoms with Crippen LogP contribution in [0, 0.1) is 0 Å². The molecule has 4 N–H and O–H groups in total. The predicted molar refractivity (Wildman–Crippen MR) is 59.7 cm³/mol. The van der Waals surface area contributed by atoms with Crippen molar-refractivity contribution in [3.05, 3.63) is 29.8 Å². The summed E-state index contributed by atoms with van der Waals surface area (Å²) in [6.07, 6.45) is 0.476. The third-order valence-electron chi connectivity index (χ3n) is 2.17. The zero-order chi connectivity index (χ0) is 11.3. The number of likely N-dealkylation sites (N-methyl/N-ethyl adjacent to an activating group) is 1. The van der Waals surface area contributed by atoms with Gasteiger partial charge in [-0.15, -0.1) is 0 Å². The van der Waals surface area contributed by atoms with E-state index >= 15 is 0 Å². The van der Waals surface area contributed by atoms with Crippen molar-refractivity contribution in [2.24, 2.45) is 0 Å². The Bertz CT molecular complexity index is 322. The number of carbonyl (C=O) groups is 1. The van der Waals surface area contributed by atoms with Gasteiger partial charge in [0.15, 0.2) is 0 Å². The highest BCUT2D eigenvalue weighted by Gasteiger charge is 2.15. The van der Waals surface area contributed by atoms with Gasteiger partial charge < -0.3 is 16.2 Å². The first-order chi connectivity index (χ1) is 7.13. The summed E-state index contributed by atoms with van der Waals surface area (Å²) in [5, 5.41) is 11.8. The molecule has 0 aromatic heterocycles. The van der Waals surface area contributed by atoms with Crippen LogP contribution in [0.25, 0.3) is 0 Å². The summed E-state index contributed by atoms with van der Waals surface area (Å²) in [5.74, 6) is -0.825. The molecule has 1 unspecified atom stereocenters. The summed E-state index contributed by atoms with van der Waals surface area (Å²) in [6, 6.07) is 6.73. The minimum Gasteiger partial charge on any atom is -0.480 e. The second kappa shape index (κ2) is 5.36. The second-order valence-corrected chi connectivity index (χ2v) is 3.39. The molecule has 1 aromatic carbocycles. The van der Waals surface area contributed by atoms with Crippen molar-refractivity contribution in [3.8, 4) is 0 Å². The van der Waals surface area contributed by atoms with E-state index in [1.54, 1.807) is 12.1 Å². The fraction of sp³-hybridized carbons (Fsp3) is 0.364. The Hall–Kier alpha value is -1.55. The molecule has 1 aromatic rings. The first-order valence-electron chi connectivity index (χ1n) is 4.94. The largest absolute Gasteiger partial charge is 0.480 e. The van der Waals surface area contributed by atoms with Gasteiger partial charge in [0, 0.05) is 5.69 Å². The molecule has 0 radical (unpaired) electrons. The van der Waals surface area contributed by atoms with Crippen LogP contribution in [0.2, 0.25) is 0 Å². The van der Waals surface area contributed by atoms with Crippen LogP contribution in [0.15, 0.2) is 24.3 Å². The van der Waals surface area contributed by atoms with Crippen LogP contribution in [0.3, 0.4) is 0 Å². The fourth-order valence-electron chi connectivity index (χ4n) is 1.38. The lowest BCUT2D eigenvalue weighted by Gasteiger charge is -2.12. The zero-order valence-corrected chi connectivity index (χ0v) is 8.73. The summed E-state index contributed by atoms with van der Waals surface area (Å²) < 4.78 is 0. The van der Waals surface area contributed by atoms with Crippen LogP contribution < -0.4 is 11.1 Å². The highest BCUT2D eigenvalue weighted by atomic mass is 16.4. The Morgan fingerprint density at radius 1 is 1.47 bits per heavy atom. The lowest BCUT2D eigenvalue weighted by atomic mass is 10.1. The first-order valence-corrected chi connectivity index (χ1v) is 4.94.